The van der Waals surface area contributed by atoms with E-state index in [1.807, 2.05) is 20.8 Å². The summed E-state index contributed by atoms with van der Waals surface area (Å²) >= 11 is 3.34. The molecule has 1 fully saturated rings. The van der Waals surface area contributed by atoms with E-state index < -0.39 is 6.04 Å². The average Bonchev–Trinajstić information content (AvgIpc) is 2.36. The number of hydrogen-bond donors (Lipinski definition) is 1. The van der Waals surface area contributed by atoms with E-state index in [4.69, 9.17) is 4.74 Å². The van der Waals surface area contributed by atoms with Crippen molar-refractivity contribution in [3.05, 3.63) is 0 Å². The molecule has 1 heterocycles. The van der Waals surface area contributed by atoms with Gasteiger partial charge in [0, 0.05) is 12.6 Å². The number of carbonyl (C=O) groups is 2. The van der Waals surface area contributed by atoms with E-state index in [1.165, 1.54) is 0 Å². The zero-order chi connectivity index (χ0) is 13.7. The summed E-state index contributed by atoms with van der Waals surface area (Å²) in [4.78, 5) is 25.6. The predicted molar refractivity (Wildman–Crippen MR) is 72.6 cm³/mol. The summed E-state index contributed by atoms with van der Waals surface area (Å²) in [6.07, 6.45) is 0.703. The number of ether oxygens (including phenoxy) is 1. The van der Waals surface area contributed by atoms with Crippen molar-refractivity contribution in [2.45, 2.75) is 44.1 Å². The van der Waals surface area contributed by atoms with Gasteiger partial charge >= 0.3 is 0 Å². The van der Waals surface area contributed by atoms with Crippen molar-refractivity contribution in [3.8, 4) is 0 Å². The third-order valence-electron chi connectivity index (χ3n) is 2.77. The molecule has 1 rings (SSSR count). The molecule has 0 aliphatic carbocycles. The van der Waals surface area contributed by atoms with Gasteiger partial charge in [0.15, 0.2) is 0 Å². The molecule has 0 aromatic rings. The number of rotatable bonds is 4. The zero-order valence-electron chi connectivity index (χ0n) is 11.1. The van der Waals surface area contributed by atoms with Crippen molar-refractivity contribution in [1.82, 2.24) is 10.2 Å². The maximum atomic E-state index is 12.2. The first-order valence-corrected chi connectivity index (χ1v) is 7.21. The Morgan fingerprint density at radius 2 is 2.17 bits per heavy atom. The number of alkyl halides is 1. The van der Waals surface area contributed by atoms with E-state index in [2.05, 4.69) is 21.2 Å². The van der Waals surface area contributed by atoms with E-state index >= 15 is 0 Å². The van der Waals surface area contributed by atoms with E-state index in [0.717, 1.165) is 0 Å². The molecule has 2 atom stereocenters. The van der Waals surface area contributed by atoms with Crippen LogP contribution in [0.25, 0.3) is 0 Å². The minimum Gasteiger partial charge on any atom is -0.377 e. The number of carbonyl (C=O) groups excluding carboxylic acids is 2. The highest BCUT2D eigenvalue weighted by Crippen LogP contribution is 2.15. The van der Waals surface area contributed by atoms with Gasteiger partial charge in [-0.2, -0.15) is 0 Å². The summed E-state index contributed by atoms with van der Waals surface area (Å²) in [5.41, 5.74) is 0. The second-order valence-corrected chi connectivity index (χ2v) is 5.77. The summed E-state index contributed by atoms with van der Waals surface area (Å²) in [5.74, 6) is -0.182. The van der Waals surface area contributed by atoms with Crippen LogP contribution in [0.15, 0.2) is 0 Å². The van der Waals surface area contributed by atoms with Gasteiger partial charge in [-0.05, 0) is 20.3 Å². The number of hydrogen-bond acceptors (Lipinski definition) is 3. The standard InChI is InChI=1S/C12H21BrN2O3/c1-4-9(13)12(17)15-5-6-18-7-10(15)11(16)14-8(2)3/h8-10H,4-7H2,1-3H3,(H,14,16). The van der Waals surface area contributed by atoms with Crippen molar-refractivity contribution in [2.24, 2.45) is 0 Å². The highest BCUT2D eigenvalue weighted by molar-refractivity contribution is 9.10. The minimum atomic E-state index is -0.514. The van der Waals surface area contributed by atoms with Gasteiger partial charge in [-0.15, -0.1) is 0 Å². The topological polar surface area (TPSA) is 58.6 Å². The highest BCUT2D eigenvalue weighted by atomic mass is 79.9. The monoisotopic (exact) mass is 320 g/mol. The van der Waals surface area contributed by atoms with Crippen molar-refractivity contribution in [3.63, 3.8) is 0 Å². The minimum absolute atomic E-state index is 0.0373. The third-order valence-corrected chi connectivity index (χ3v) is 3.81. The molecule has 2 unspecified atom stereocenters. The number of halogens is 1. The quantitative estimate of drug-likeness (QED) is 0.783. The van der Waals surface area contributed by atoms with Crippen LogP contribution in [0.4, 0.5) is 0 Å². The van der Waals surface area contributed by atoms with E-state index in [-0.39, 0.29) is 29.3 Å². The Bertz CT molecular complexity index is 310. The fourth-order valence-electron chi connectivity index (χ4n) is 1.82. The zero-order valence-corrected chi connectivity index (χ0v) is 12.7. The smallest absolute Gasteiger partial charge is 0.245 e. The Kier molecular flexibility index (Phi) is 6.08. The van der Waals surface area contributed by atoms with Crippen molar-refractivity contribution < 1.29 is 14.3 Å². The molecule has 1 N–H and O–H groups in total. The van der Waals surface area contributed by atoms with Crippen molar-refractivity contribution >= 4 is 27.7 Å². The molecule has 0 aromatic carbocycles. The first kappa shape index (κ1) is 15.4. The van der Waals surface area contributed by atoms with Crippen LogP contribution >= 0.6 is 15.9 Å². The molecule has 1 saturated heterocycles. The van der Waals surface area contributed by atoms with Crippen LogP contribution in [-0.2, 0) is 14.3 Å². The molecule has 0 saturated carbocycles. The lowest BCUT2D eigenvalue weighted by Crippen LogP contribution is -2.58. The van der Waals surface area contributed by atoms with Crippen LogP contribution in [0.5, 0.6) is 0 Å². The molecule has 0 radical (unpaired) electrons. The largest absolute Gasteiger partial charge is 0.377 e. The molecule has 0 spiro atoms. The Balaban J connectivity index is 2.73. The molecule has 104 valence electrons. The SMILES string of the molecule is CCC(Br)C(=O)N1CCOCC1C(=O)NC(C)C. The second-order valence-electron chi connectivity index (χ2n) is 4.66. The van der Waals surface area contributed by atoms with Crippen LogP contribution in [0, 0.1) is 0 Å². The van der Waals surface area contributed by atoms with Gasteiger partial charge in [0.25, 0.3) is 0 Å². The highest BCUT2D eigenvalue weighted by Gasteiger charge is 2.34. The molecular formula is C12H21BrN2O3. The van der Waals surface area contributed by atoms with Crippen LogP contribution in [0.3, 0.4) is 0 Å². The van der Waals surface area contributed by atoms with E-state index in [1.54, 1.807) is 4.90 Å². The molecule has 5 nitrogen and oxygen atoms in total. The number of nitrogens with zero attached hydrogens (tertiary/aromatic N) is 1. The van der Waals surface area contributed by atoms with Gasteiger partial charge in [-0.3, -0.25) is 9.59 Å². The third kappa shape index (κ3) is 3.95. The van der Waals surface area contributed by atoms with Gasteiger partial charge in [0.2, 0.25) is 11.8 Å². The van der Waals surface area contributed by atoms with E-state index in [9.17, 15) is 9.59 Å². The lowest BCUT2D eigenvalue weighted by atomic mass is 10.1. The summed E-state index contributed by atoms with van der Waals surface area (Å²) < 4.78 is 5.31. The molecule has 0 bridgehead atoms. The molecule has 18 heavy (non-hydrogen) atoms. The van der Waals surface area contributed by atoms with E-state index in [0.29, 0.717) is 19.6 Å². The van der Waals surface area contributed by atoms with Crippen LogP contribution in [-0.4, -0.2) is 53.4 Å². The summed E-state index contributed by atoms with van der Waals surface area (Å²) in [5, 5.41) is 2.83. The molecule has 2 amide bonds. The van der Waals surface area contributed by atoms with Crippen molar-refractivity contribution in [1.29, 1.82) is 0 Å². The molecule has 1 aliphatic heterocycles. The average molecular weight is 321 g/mol. The van der Waals surface area contributed by atoms with Gasteiger partial charge in [-0.25, -0.2) is 0 Å². The second kappa shape index (κ2) is 7.09. The lowest BCUT2D eigenvalue weighted by Gasteiger charge is -2.36. The summed E-state index contributed by atoms with van der Waals surface area (Å²) in [6, 6.07) is -0.456. The number of morpholine rings is 1. The van der Waals surface area contributed by atoms with Crippen molar-refractivity contribution in [2.75, 3.05) is 19.8 Å². The fourth-order valence-corrected chi connectivity index (χ4v) is 2.08. The van der Waals surface area contributed by atoms with Crippen LogP contribution in [0.1, 0.15) is 27.2 Å². The fraction of sp³-hybridized carbons (Fsp3) is 0.833. The van der Waals surface area contributed by atoms with Gasteiger partial charge in [-0.1, -0.05) is 22.9 Å². The first-order valence-electron chi connectivity index (χ1n) is 6.30. The maximum Gasteiger partial charge on any atom is 0.245 e. The molecular weight excluding hydrogens is 300 g/mol. The summed E-state index contributed by atoms with van der Waals surface area (Å²) in [6.45, 7) is 6.95. The molecule has 0 aromatic heterocycles. The Labute approximate surface area is 116 Å². The van der Waals surface area contributed by atoms with Crippen LogP contribution in [0.2, 0.25) is 0 Å². The Morgan fingerprint density at radius 1 is 1.50 bits per heavy atom. The predicted octanol–water partition coefficient (Wildman–Crippen LogP) is 0.912. The van der Waals surface area contributed by atoms with Gasteiger partial charge in [0.1, 0.15) is 6.04 Å². The Morgan fingerprint density at radius 3 is 2.72 bits per heavy atom. The number of amides is 2. The summed E-state index contributed by atoms with van der Waals surface area (Å²) in [7, 11) is 0. The Hall–Kier alpha value is -0.620. The lowest BCUT2D eigenvalue weighted by molar-refractivity contribution is -0.148. The van der Waals surface area contributed by atoms with Gasteiger partial charge < -0.3 is 15.0 Å². The first-order chi connectivity index (χ1) is 8.47. The molecule has 6 heteroatoms. The maximum absolute atomic E-state index is 12.2. The number of nitrogens with one attached hydrogen (secondary N) is 1. The van der Waals surface area contributed by atoms with Crippen LogP contribution < -0.4 is 5.32 Å². The normalized spacial score (nSPS) is 21.8. The van der Waals surface area contributed by atoms with Gasteiger partial charge in [0.05, 0.1) is 18.0 Å². The molecule has 1 aliphatic rings.